The van der Waals surface area contributed by atoms with Crippen LogP contribution in [0.5, 0.6) is 0 Å². The fourth-order valence-electron chi connectivity index (χ4n) is 5.30. The first-order valence-corrected chi connectivity index (χ1v) is 12.2. The zero-order chi connectivity index (χ0) is 22.6. The molecule has 2 amide bonds. The Morgan fingerprint density at radius 3 is 2.09 bits per heavy atom. The third-order valence-corrected chi connectivity index (χ3v) is 9.96. The lowest BCUT2D eigenvalue weighted by Crippen LogP contribution is -2.37. The second-order valence-electron chi connectivity index (χ2n) is 8.43. The fraction of sp³-hybridized carbons (Fsp3) is 0.333. The number of Topliss-reactive ketones (excluding diaryl/α,β-unsaturated/α-hetero) is 1. The average molecular weight is 561 g/mol. The fourth-order valence-corrected chi connectivity index (χ4v) is 7.17. The lowest BCUT2D eigenvalue weighted by molar-refractivity contribution is -0.123. The van der Waals surface area contributed by atoms with E-state index in [4.69, 9.17) is 4.74 Å². The van der Waals surface area contributed by atoms with Gasteiger partial charge in [-0.3, -0.25) is 19.3 Å². The normalized spacial score (nSPS) is 30.5. The molecule has 3 fully saturated rings. The van der Waals surface area contributed by atoms with E-state index in [1.165, 1.54) is 17.0 Å². The molecule has 0 radical (unpaired) electrons. The minimum absolute atomic E-state index is 0.118. The largest absolute Gasteiger partial charge is 0.454 e. The van der Waals surface area contributed by atoms with Gasteiger partial charge >= 0.3 is 5.97 Å². The molecule has 0 N–H and O–H groups in total. The molecule has 0 aromatic heterocycles. The number of hydrogen-bond acceptors (Lipinski definition) is 5. The summed E-state index contributed by atoms with van der Waals surface area (Å²) >= 11 is 7.36. The lowest BCUT2D eigenvalue weighted by Gasteiger charge is -2.28. The molecule has 164 valence electrons. The zero-order valence-corrected chi connectivity index (χ0v) is 20.0. The second kappa shape index (κ2) is 8.23. The molecule has 2 saturated carbocycles. The van der Waals surface area contributed by atoms with E-state index >= 15 is 0 Å². The monoisotopic (exact) mass is 559 g/mol. The summed E-state index contributed by atoms with van der Waals surface area (Å²) in [5, 5.41) is 0. The zero-order valence-electron chi connectivity index (χ0n) is 16.8. The standard InChI is InChI=1S/C24H19Br2NO5/c25-20-15-10-16(21(20)26)19-18(15)22(29)27(23(19)30)14-8-4-7-13(9-14)24(31)32-11-17(28)12-5-2-1-3-6-12/h1-9,15-16,18-21H,10-11H2/t15-,16-,18-,19+,20+,21+/m1/s1. The summed E-state index contributed by atoms with van der Waals surface area (Å²) < 4.78 is 5.17. The first-order valence-electron chi connectivity index (χ1n) is 10.4. The first-order chi connectivity index (χ1) is 15.4. The Bertz CT molecular complexity index is 1090. The highest BCUT2D eigenvalue weighted by Gasteiger charge is 2.66. The molecule has 0 unspecified atom stereocenters. The van der Waals surface area contributed by atoms with E-state index in [0.29, 0.717) is 11.3 Å². The summed E-state index contributed by atoms with van der Waals surface area (Å²) in [6, 6.07) is 14.8. The number of anilines is 1. The minimum atomic E-state index is -0.684. The summed E-state index contributed by atoms with van der Waals surface area (Å²) in [5.41, 5.74) is 0.995. The van der Waals surface area contributed by atoms with E-state index in [2.05, 4.69) is 31.9 Å². The van der Waals surface area contributed by atoms with Crippen LogP contribution in [0.2, 0.25) is 0 Å². The molecule has 1 saturated heterocycles. The molecule has 3 aliphatic rings. The van der Waals surface area contributed by atoms with Gasteiger partial charge < -0.3 is 4.74 Å². The van der Waals surface area contributed by atoms with Gasteiger partial charge in [0.2, 0.25) is 11.8 Å². The van der Waals surface area contributed by atoms with Gasteiger partial charge in [0.25, 0.3) is 0 Å². The van der Waals surface area contributed by atoms with Gasteiger partial charge in [0.05, 0.1) is 23.1 Å². The molecule has 2 aliphatic carbocycles. The molecule has 1 aliphatic heterocycles. The number of alkyl halides is 2. The van der Waals surface area contributed by atoms with E-state index < -0.39 is 5.97 Å². The molecule has 0 spiro atoms. The van der Waals surface area contributed by atoms with E-state index in [1.807, 2.05) is 0 Å². The number of hydrogen-bond donors (Lipinski definition) is 0. The van der Waals surface area contributed by atoms with Crippen LogP contribution in [0.25, 0.3) is 0 Å². The van der Waals surface area contributed by atoms with Crippen LogP contribution in [0.3, 0.4) is 0 Å². The van der Waals surface area contributed by atoms with Gasteiger partial charge in [-0.25, -0.2) is 4.79 Å². The molecular formula is C24H19Br2NO5. The molecule has 2 aromatic rings. The van der Waals surface area contributed by atoms with Crippen molar-refractivity contribution >= 4 is 61.1 Å². The van der Waals surface area contributed by atoms with Gasteiger partial charge in [-0.2, -0.15) is 0 Å². The quantitative estimate of drug-likeness (QED) is 0.239. The maximum Gasteiger partial charge on any atom is 0.338 e. The van der Waals surface area contributed by atoms with Crippen molar-refractivity contribution in [3.05, 3.63) is 65.7 Å². The van der Waals surface area contributed by atoms with Crippen molar-refractivity contribution in [1.29, 1.82) is 0 Å². The second-order valence-corrected chi connectivity index (χ2v) is 10.5. The highest BCUT2D eigenvalue weighted by molar-refractivity contribution is 9.12. The maximum absolute atomic E-state index is 13.2. The van der Waals surface area contributed by atoms with Crippen molar-refractivity contribution in [2.45, 2.75) is 16.1 Å². The molecular weight excluding hydrogens is 542 g/mol. The Morgan fingerprint density at radius 2 is 1.47 bits per heavy atom. The van der Waals surface area contributed by atoms with Gasteiger partial charge in [-0.15, -0.1) is 0 Å². The van der Waals surface area contributed by atoms with Crippen LogP contribution in [0.15, 0.2) is 54.6 Å². The van der Waals surface area contributed by atoms with Crippen LogP contribution in [0.4, 0.5) is 5.69 Å². The number of imide groups is 1. The summed E-state index contributed by atoms with van der Waals surface area (Å²) in [6.45, 7) is -0.387. The number of fused-ring (bicyclic) bond motifs is 5. The number of esters is 1. The maximum atomic E-state index is 13.2. The summed E-state index contributed by atoms with van der Waals surface area (Å²) in [6.07, 6.45) is 0.855. The number of ketones is 1. The number of carbonyl (C=O) groups is 4. The lowest BCUT2D eigenvalue weighted by atomic mass is 9.81. The molecule has 8 heteroatoms. The summed E-state index contributed by atoms with van der Waals surface area (Å²) in [4.78, 5) is 52.7. The number of nitrogens with zero attached hydrogens (tertiary/aromatic N) is 1. The molecule has 2 aromatic carbocycles. The molecule has 2 bridgehead atoms. The smallest absolute Gasteiger partial charge is 0.338 e. The van der Waals surface area contributed by atoms with Crippen LogP contribution < -0.4 is 4.90 Å². The number of halogens is 2. The van der Waals surface area contributed by atoms with Gasteiger partial charge in [0, 0.05) is 15.2 Å². The van der Waals surface area contributed by atoms with Crippen LogP contribution in [0.1, 0.15) is 27.1 Å². The summed E-state index contributed by atoms with van der Waals surface area (Å²) in [7, 11) is 0. The highest BCUT2D eigenvalue weighted by Crippen LogP contribution is 2.60. The Morgan fingerprint density at radius 1 is 0.875 bits per heavy atom. The Labute approximate surface area is 201 Å². The van der Waals surface area contributed by atoms with Gasteiger partial charge in [0.1, 0.15) is 0 Å². The molecule has 6 nitrogen and oxygen atoms in total. The van der Waals surface area contributed by atoms with Gasteiger partial charge in [-0.1, -0.05) is 68.3 Å². The minimum Gasteiger partial charge on any atom is -0.454 e. The molecule has 6 atom stereocenters. The van der Waals surface area contributed by atoms with Crippen molar-refractivity contribution in [1.82, 2.24) is 0 Å². The van der Waals surface area contributed by atoms with Crippen molar-refractivity contribution in [3.63, 3.8) is 0 Å². The van der Waals surface area contributed by atoms with Gasteiger partial charge in [0.15, 0.2) is 12.4 Å². The average Bonchev–Trinajstić information content (AvgIpc) is 3.42. The Kier molecular flexibility index (Phi) is 5.53. The number of carbonyl (C=O) groups excluding carboxylic acids is 4. The summed E-state index contributed by atoms with van der Waals surface area (Å²) in [5.74, 6) is -1.83. The molecule has 5 rings (SSSR count). The number of benzene rings is 2. The Hall–Kier alpha value is -2.32. The van der Waals surface area contributed by atoms with Crippen molar-refractivity contribution < 1.29 is 23.9 Å². The van der Waals surface area contributed by atoms with E-state index in [9.17, 15) is 19.2 Å². The molecule has 32 heavy (non-hydrogen) atoms. The Balaban J connectivity index is 1.32. The molecule has 1 heterocycles. The number of ether oxygens (including phenoxy) is 1. The predicted octanol–water partition coefficient (Wildman–Crippen LogP) is 4.01. The van der Waals surface area contributed by atoms with E-state index in [1.54, 1.807) is 42.5 Å². The number of rotatable bonds is 5. The topological polar surface area (TPSA) is 80.8 Å². The van der Waals surface area contributed by atoms with E-state index in [0.717, 1.165) is 6.42 Å². The first kappa shape index (κ1) is 21.5. The van der Waals surface area contributed by atoms with Crippen LogP contribution in [-0.4, -0.2) is 39.8 Å². The van der Waals surface area contributed by atoms with Gasteiger partial charge in [-0.05, 0) is 36.5 Å². The van der Waals surface area contributed by atoms with Crippen LogP contribution in [0, 0.1) is 23.7 Å². The predicted molar refractivity (Wildman–Crippen MR) is 124 cm³/mol. The number of amides is 2. The third-order valence-electron chi connectivity index (χ3n) is 6.76. The van der Waals surface area contributed by atoms with Crippen LogP contribution in [-0.2, 0) is 14.3 Å². The van der Waals surface area contributed by atoms with Crippen molar-refractivity contribution in [2.75, 3.05) is 11.5 Å². The van der Waals surface area contributed by atoms with Crippen molar-refractivity contribution in [2.24, 2.45) is 23.7 Å². The van der Waals surface area contributed by atoms with E-state index in [-0.39, 0.29) is 63.1 Å². The SMILES string of the molecule is O=C(COC(=O)c1cccc(N2C(=O)[C@@H]3[C@H]4C[C@@H]([C@H](Br)[C@H]4Br)[C@@H]3C2=O)c1)c1ccccc1. The van der Waals surface area contributed by atoms with Crippen molar-refractivity contribution in [3.8, 4) is 0 Å². The third kappa shape index (κ3) is 3.35. The van der Waals surface area contributed by atoms with Crippen LogP contribution >= 0.6 is 31.9 Å². The highest BCUT2D eigenvalue weighted by atomic mass is 79.9.